The molecule has 0 aliphatic heterocycles. The Balaban J connectivity index is 3.12. The SMILES string of the molecule is COc1ccc(C(=O)C(=O)O)c(N)c1. The Morgan fingerprint density at radius 2 is 2.07 bits per heavy atom. The number of Topliss-reactive ketones (excluding diaryl/α,β-unsaturated/α-hetero) is 1. The van der Waals surface area contributed by atoms with E-state index < -0.39 is 11.8 Å². The molecule has 0 aromatic heterocycles. The summed E-state index contributed by atoms with van der Waals surface area (Å²) in [6, 6.07) is 4.20. The average molecular weight is 195 g/mol. The number of nitrogen functional groups attached to an aromatic ring is 1. The summed E-state index contributed by atoms with van der Waals surface area (Å²) in [5, 5.41) is 8.45. The molecule has 0 aliphatic rings. The monoisotopic (exact) mass is 195 g/mol. The van der Waals surface area contributed by atoms with Crippen LogP contribution in [0.5, 0.6) is 5.75 Å². The summed E-state index contributed by atoms with van der Waals surface area (Å²) in [5.41, 5.74) is 5.54. The van der Waals surface area contributed by atoms with Crippen molar-refractivity contribution < 1.29 is 19.4 Å². The number of aliphatic carboxylic acids is 1. The van der Waals surface area contributed by atoms with Crippen LogP contribution < -0.4 is 10.5 Å². The number of rotatable bonds is 3. The van der Waals surface area contributed by atoms with Crippen LogP contribution in [0.2, 0.25) is 0 Å². The predicted octanol–water partition coefficient (Wildman–Crippen LogP) is 0.545. The molecule has 5 heteroatoms. The van der Waals surface area contributed by atoms with Crippen LogP contribution in [-0.4, -0.2) is 24.0 Å². The van der Waals surface area contributed by atoms with E-state index >= 15 is 0 Å². The van der Waals surface area contributed by atoms with Gasteiger partial charge in [-0.25, -0.2) is 4.79 Å². The van der Waals surface area contributed by atoms with Crippen LogP contribution in [0, 0.1) is 0 Å². The first-order chi connectivity index (χ1) is 6.56. The second-order valence-electron chi connectivity index (χ2n) is 2.59. The number of benzene rings is 1. The first-order valence-electron chi connectivity index (χ1n) is 3.77. The molecule has 0 heterocycles. The number of ether oxygens (including phenoxy) is 1. The molecule has 0 unspecified atom stereocenters. The number of carboxylic acid groups (broad SMARTS) is 1. The summed E-state index contributed by atoms with van der Waals surface area (Å²) >= 11 is 0. The molecule has 1 aromatic rings. The van der Waals surface area contributed by atoms with Crippen molar-refractivity contribution in [3.63, 3.8) is 0 Å². The summed E-state index contributed by atoms with van der Waals surface area (Å²) in [5.74, 6) is -2.07. The average Bonchev–Trinajstić information content (AvgIpc) is 2.16. The number of carbonyl (C=O) groups excluding carboxylic acids is 1. The van der Waals surface area contributed by atoms with Crippen LogP contribution >= 0.6 is 0 Å². The van der Waals surface area contributed by atoms with Crippen LogP contribution in [-0.2, 0) is 4.79 Å². The second kappa shape index (κ2) is 3.78. The Morgan fingerprint density at radius 1 is 1.43 bits per heavy atom. The van der Waals surface area contributed by atoms with Gasteiger partial charge in [-0.15, -0.1) is 0 Å². The summed E-state index contributed by atoms with van der Waals surface area (Å²) in [6.45, 7) is 0. The van der Waals surface area contributed by atoms with Crippen LogP contribution in [0.1, 0.15) is 10.4 Å². The fraction of sp³-hybridized carbons (Fsp3) is 0.111. The van der Waals surface area contributed by atoms with Crippen molar-refractivity contribution >= 4 is 17.4 Å². The quantitative estimate of drug-likeness (QED) is 0.417. The third-order valence-electron chi connectivity index (χ3n) is 1.70. The fourth-order valence-corrected chi connectivity index (χ4v) is 0.990. The Hall–Kier alpha value is -2.04. The molecule has 0 bridgehead atoms. The van der Waals surface area contributed by atoms with Crippen molar-refractivity contribution in [1.82, 2.24) is 0 Å². The zero-order valence-electron chi connectivity index (χ0n) is 7.48. The number of hydrogen-bond donors (Lipinski definition) is 2. The Labute approximate surface area is 80.1 Å². The molecule has 1 rings (SSSR count). The third kappa shape index (κ3) is 1.82. The first-order valence-corrected chi connectivity index (χ1v) is 3.77. The Kier molecular flexibility index (Phi) is 2.71. The molecule has 1 aromatic carbocycles. The zero-order chi connectivity index (χ0) is 10.7. The highest BCUT2D eigenvalue weighted by Gasteiger charge is 2.17. The van der Waals surface area contributed by atoms with Crippen LogP contribution in [0.4, 0.5) is 5.69 Å². The van der Waals surface area contributed by atoms with Crippen LogP contribution in [0.25, 0.3) is 0 Å². The van der Waals surface area contributed by atoms with Crippen molar-refractivity contribution in [3.8, 4) is 5.75 Å². The van der Waals surface area contributed by atoms with E-state index in [0.29, 0.717) is 5.75 Å². The molecule has 5 nitrogen and oxygen atoms in total. The minimum absolute atomic E-state index is 0.0294. The molecule has 0 fully saturated rings. The van der Waals surface area contributed by atoms with E-state index in [9.17, 15) is 9.59 Å². The molecule has 0 radical (unpaired) electrons. The summed E-state index contributed by atoms with van der Waals surface area (Å²) < 4.78 is 4.85. The van der Waals surface area contributed by atoms with Gasteiger partial charge in [0.25, 0.3) is 5.78 Å². The maximum absolute atomic E-state index is 11.0. The fourth-order valence-electron chi connectivity index (χ4n) is 0.990. The maximum atomic E-state index is 11.0. The van der Waals surface area contributed by atoms with Gasteiger partial charge >= 0.3 is 5.97 Å². The lowest BCUT2D eigenvalue weighted by Gasteiger charge is -2.04. The van der Waals surface area contributed by atoms with Gasteiger partial charge in [-0.1, -0.05) is 0 Å². The molecule has 74 valence electrons. The number of nitrogens with two attached hydrogens (primary N) is 1. The van der Waals surface area contributed by atoms with E-state index in [1.165, 1.54) is 25.3 Å². The smallest absolute Gasteiger partial charge is 0.377 e. The topological polar surface area (TPSA) is 89.6 Å². The van der Waals surface area contributed by atoms with Gasteiger partial charge in [0, 0.05) is 11.8 Å². The first kappa shape index (κ1) is 10.0. The molecule has 0 amide bonds. The molecule has 14 heavy (non-hydrogen) atoms. The Morgan fingerprint density at radius 3 is 2.50 bits per heavy atom. The Bertz CT molecular complexity index is 386. The van der Waals surface area contributed by atoms with Crippen molar-refractivity contribution in [2.75, 3.05) is 12.8 Å². The highest BCUT2D eigenvalue weighted by Crippen LogP contribution is 2.19. The molecule has 0 spiro atoms. The van der Waals surface area contributed by atoms with Crippen molar-refractivity contribution in [1.29, 1.82) is 0 Å². The largest absolute Gasteiger partial charge is 0.497 e. The van der Waals surface area contributed by atoms with Gasteiger partial charge in [-0.3, -0.25) is 4.79 Å². The predicted molar refractivity (Wildman–Crippen MR) is 49.4 cm³/mol. The van der Waals surface area contributed by atoms with Gasteiger partial charge < -0.3 is 15.6 Å². The van der Waals surface area contributed by atoms with Gasteiger partial charge in [0.15, 0.2) is 0 Å². The van der Waals surface area contributed by atoms with E-state index in [0.717, 1.165) is 0 Å². The third-order valence-corrected chi connectivity index (χ3v) is 1.70. The van der Waals surface area contributed by atoms with E-state index in [1.54, 1.807) is 0 Å². The standard InChI is InChI=1S/C9H9NO4/c1-14-5-2-3-6(7(10)4-5)8(11)9(12)13/h2-4H,10H2,1H3,(H,12,13). The summed E-state index contributed by atoms with van der Waals surface area (Å²) in [6.07, 6.45) is 0. The minimum atomic E-state index is -1.53. The van der Waals surface area contributed by atoms with Crippen molar-refractivity contribution in [3.05, 3.63) is 23.8 Å². The summed E-state index contributed by atoms with van der Waals surface area (Å²) in [7, 11) is 1.45. The van der Waals surface area contributed by atoms with Gasteiger partial charge in [-0.05, 0) is 12.1 Å². The normalized spacial score (nSPS) is 9.50. The van der Waals surface area contributed by atoms with Gasteiger partial charge in [0.2, 0.25) is 0 Å². The molecular formula is C9H9NO4. The van der Waals surface area contributed by atoms with Gasteiger partial charge in [0.1, 0.15) is 5.75 Å². The highest BCUT2D eigenvalue weighted by atomic mass is 16.5. The molecule has 0 saturated carbocycles. The van der Waals surface area contributed by atoms with Crippen molar-refractivity contribution in [2.45, 2.75) is 0 Å². The number of ketones is 1. The van der Waals surface area contributed by atoms with Crippen molar-refractivity contribution in [2.24, 2.45) is 0 Å². The van der Waals surface area contributed by atoms with E-state index in [1.807, 2.05) is 0 Å². The second-order valence-corrected chi connectivity index (χ2v) is 2.59. The van der Waals surface area contributed by atoms with E-state index in [2.05, 4.69) is 0 Å². The molecule has 3 N–H and O–H groups in total. The van der Waals surface area contributed by atoms with Gasteiger partial charge in [0.05, 0.1) is 12.7 Å². The number of methoxy groups -OCH3 is 1. The lowest BCUT2D eigenvalue weighted by molar-refractivity contribution is -0.131. The maximum Gasteiger partial charge on any atom is 0.377 e. The summed E-state index contributed by atoms with van der Waals surface area (Å²) in [4.78, 5) is 21.4. The molecule has 0 saturated heterocycles. The van der Waals surface area contributed by atoms with E-state index in [-0.39, 0.29) is 11.3 Å². The van der Waals surface area contributed by atoms with Gasteiger partial charge in [-0.2, -0.15) is 0 Å². The van der Waals surface area contributed by atoms with E-state index in [4.69, 9.17) is 15.6 Å². The van der Waals surface area contributed by atoms with Crippen LogP contribution in [0.15, 0.2) is 18.2 Å². The lowest BCUT2D eigenvalue weighted by Crippen LogP contribution is -2.14. The molecule has 0 atom stereocenters. The number of hydrogen-bond acceptors (Lipinski definition) is 4. The zero-order valence-corrected chi connectivity index (χ0v) is 7.48. The lowest BCUT2D eigenvalue weighted by atomic mass is 10.1. The number of carbonyl (C=O) groups is 2. The highest BCUT2D eigenvalue weighted by molar-refractivity contribution is 6.41. The minimum Gasteiger partial charge on any atom is -0.497 e. The van der Waals surface area contributed by atoms with Crippen LogP contribution in [0.3, 0.4) is 0 Å². The molecular weight excluding hydrogens is 186 g/mol. The number of anilines is 1. The molecule has 0 aliphatic carbocycles. The number of carboxylic acids is 1.